The van der Waals surface area contributed by atoms with Crippen molar-refractivity contribution in [2.24, 2.45) is 5.92 Å². The van der Waals surface area contributed by atoms with Gasteiger partial charge in [-0.25, -0.2) is 4.98 Å². The third kappa shape index (κ3) is 4.18. The third-order valence-corrected chi connectivity index (χ3v) is 6.31. The van der Waals surface area contributed by atoms with Crippen LogP contribution in [0.15, 0.2) is 42.6 Å². The van der Waals surface area contributed by atoms with Gasteiger partial charge < -0.3 is 15.1 Å². The lowest BCUT2D eigenvalue weighted by atomic mass is 9.96. The van der Waals surface area contributed by atoms with Crippen molar-refractivity contribution in [3.63, 3.8) is 0 Å². The number of nitrogens with zero attached hydrogens (tertiary/aromatic N) is 3. The highest BCUT2D eigenvalue weighted by Gasteiger charge is 2.36. The molecule has 0 aliphatic carbocycles. The van der Waals surface area contributed by atoms with E-state index in [1.54, 1.807) is 11.1 Å². The zero-order chi connectivity index (χ0) is 21.1. The summed E-state index contributed by atoms with van der Waals surface area (Å²) < 4.78 is 0. The molecule has 4 rings (SSSR count). The summed E-state index contributed by atoms with van der Waals surface area (Å²) in [5.41, 5.74) is 2.77. The Morgan fingerprint density at radius 3 is 2.67 bits per heavy atom. The number of rotatable bonds is 6. The lowest BCUT2D eigenvalue weighted by Gasteiger charge is -2.23. The van der Waals surface area contributed by atoms with Crippen molar-refractivity contribution < 1.29 is 9.59 Å². The van der Waals surface area contributed by atoms with Crippen molar-refractivity contribution in [2.45, 2.75) is 45.4 Å². The number of anilines is 3. The van der Waals surface area contributed by atoms with Gasteiger partial charge in [0.05, 0.1) is 17.8 Å². The molecule has 158 valence electrons. The molecule has 6 heteroatoms. The Hall–Kier alpha value is -2.89. The van der Waals surface area contributed by atoms with Gasteiger partial charge in [0.2, 0.25) is 11.8 Å². The minimum atomic E-state index is -0.360. The highest BCUT2D eigenvalue weighted by Crippen LogP contribution is 2.33. The van der Waals surface area contributed by atoms with Gasteiger partial charge >= 0.3 is 0 Å². The number of hydrogen-bond acceptors (Lipinski definition) is 4. The molecule has 1 aromatic heterocycles. The Morgan fingerprint density at radius 1 is 1.20 bits per heavy atom. The average molecular weight is 407 g/mol. The van der Waals surface area contributed by atoms with Crippen LogP contribution >= 0.6 is 0 Å². The first-order valence-electron chi connectivity index (χ1n) is 11.0. The van der Waals surface area contributed by atoms with Gasteiger partial charge in [-0.05, 0) is 48.9 Å². The van der Waals surface area contributed by atoms with Crippen molar-refractivity contribution in [1.82, 2.24) is 4.98 Å². The molecule has 1 N–H and O–H groups in total. The van der Waals surface area contributed by atoms with Gasteiger partial charge in [0.25, 0.3) is 0 Å². The van der Waals surface area contributed by atoms with Crippen LogP contribution in [0.3, 0.4) is 0 Å². The maximum absolute atomic E-state index is 12.8. The van der Waals surface area contributed by atoms with Gasteiger partial charge in [-0.1, -0.05) is 32.0 Å². The molecule has 0 bridgehead atoms. The molecule has 3 heterocycles. The second kappa shape index (κ2) is 8.86. The van der Waals surface area contributed by atoms with E-state index in [2.05, 4.69) is 35.1 Å². The van der Waals surface area contributed by atoms with Gasteiger partial charge in [0, 0.05) is 31.7 Å². The summed E-state index contributed by atoms with van der Waals surface area (Å²) in [6, 6.07) is 11.9. The fourth-order valence-electron chi connectivity index (χ4n) is 4.32. The number of carbonyl (C=O) groups excluding carboxylic acids is 2. The predicted octanol–water partition coefficient (Wildman–Crippen LogP) is 4.19. The van der Waals surface area contributed by atoms with E-state index in [0.717, 1.165) is 36.6 Å². The molecule has 6 nitrogen and oxygen atoms in total. The Balaban J connectivity index is 1.42. The van der Waals surface area contributed by atoms with Crippen LogP contribution in [0, 0.1) is 5.92 Å². The number of aromatic nitrogens is 1. The highest BCUT2D eigenvalue weighted by atomic mass is 16.2. The van der Waals surface area contributed by atoms with E-state index >= 15 is 0 Å². The predicted molar refractivity (Wildman–Crippen MR) is 120 cm³/mol. The topological polar surface area (TPSA) is 65.5 Å². The molecule has 2 saturated heterocycles. The normalized spacial score (nSPS) is 19.9. The summed E-state index contributed by atoms with van der Waals surface area (Å²) in [5, 5.41) is 2.94. The molecular weight excluding hydrogens is 376 g/mol. The lowest BCUT2D eigenvalue weighted by Crippen LogP contribution is -2.29. The Labute approximate surface area is 178 Å². The second-order valence-electron chi connectivity index (χ2n) is 8.36. The van der Waals surface area contributed by atoms with E-state index in [9.17, 15) is 9.59 Å². The highest BCUT2D eigenvalue weighted by molar-refractivity contribution is 6.03. The van der Waals surface area contributed by atoms with E-state index in [-0.39, 0.29) is 24.2 Å². The molecule has 0 radical (unpaired) electrons. The number of pyridine rings is 1. The zero-order valence-electron chi connectivity index (χ0n) is 17.8. The molecule has 2 aromatic rings. The number of hydrogen-bond donors (Lipinski definition) is 1. The van der Waals surface area contributed by atoms with Crippen LogP contribution in [0.1, 0.15) is 51.0 Å². The Bertz CT molecular complexity index is 906. The summed E-state index contributed by atoms with van der Waals surface area (Å²) in [6.07, 6.45) is 5.35. The molecule has 0 saturated carbocycles. The lowest BCUT2D eigenvalue weighted by molar-refractivity contribution is -0.122. The van der Waals surface area contributed by atoms with Gasteiger partial charge in [-0.3, -0.25) is 9.59 Å². The monoisotopic (exact) mass is 406 g/mol. The number of benzene rings is 1. The maximum atomic E-state index is 12.8. The van der Waals surface area contributed by atoms with Gasteiger partial charge in [0.15, 0.2) is 0 Å². The van der Waals surface area contributed by atoms with E-state index in [0.29, 0.717) is 18.2 Å². The number of nitrogens with one attached hydrogen (secondary N) is 1. The first kappa shape index (κ1) is 20.4. The summed E-state index contributed by atoms with van der Waals surface area (Å²) in [6.45, 7) is 6.81. The second-order valence-corrected chi connectivity index (χ2v) is 8.36. The van der Waals surface area contributed by atoms with Crippen LogP contribution in [-0.2, 0) is 9.59 Å². The fourth-order valence-corrected chi connectivity index (χ4v) is 4.32. The standard InChI is InChI=1S/C24H30N4O2/c1-3-17(2)20-8-4-5-9-21(20)28-16-18(14-23(28)29)24(30)26-19-10-11-22(25-15-19)27-12-6-7-13-27/h4-5,8-11,15,17-18H,3,6-7,12-14,16H2,1-2H3,(H,26,30). The summed E-state index contributed by atoms with van der Waals surface area (Å²) in [7, 11) is 0. The molecule has 1 aromatic carbocycles. The fraction of sp³-hybridized carbons (Fsp3) is 0.458. The molecule has 2 aliphatic rings. The number of para-hydroxylation sites is 1. The molecule has 2 unspecified atom stereocenters. The first-order chi connectivity index (χ1) is 14.6. The van der Waals surface area contributed by atoms with E-state index in [4.69, 9.17) is 0 Å². The largest absolute Gasteiger partial charge is 0.357 e. The Morgan fingerprint density at radius 2 is 1.97 bits per heavy atom. The van der Waals surface area contributed by atoms with Gasteiger partial charge in [-0.2, -0.15) is 0 Å². The molecule has 30 heavy (non-hydrogen) atoms. The van der Waals surface area contributed by atoms with Crippen LogP contribution in [0.5, 0.6) is 0 Å². The SMILES string of the molecule is CCC(C)c1ccccc1N1CC(C(=O)Nc2ccc(N3CCCC3)nc2)CC1=O. The number of amides is 2. The van der Waals surface area contributed by atoms with Crippen LogP contribution in [0.25, 0.3) is 0 Å². The molecule has 2 aliphatic heterocycles. The zero-order valence-corrected chi connectivity index (χ0v) is 17.8. The Kier molecular flexibility index (Phi) is 6.02. The summed E-state index contributed by atoms with van der Waals surface area (Å²) in [4.78, 5) is 34.1. The smallest absolute Gasteiger partial charge is 0.229 e. The molecule has 2 amide bonds. The average Bonchev–Trinajstić information content (AvgIpc) is 3.44. The molecule has 2 atom stereocenters. The van der Waals surface area contributed by atoms with Crippen molar-refractivity contribution in [1.29, 1.82) is 0 Å². The van der Waals surface area contributed by atoms with Crippen LogP contribution in [0.4, 0.5) is 17.2 Å². The van der Waals surface area contributed by atoms with Crippen LogP contribution < -0.4 is 15.1 Å². The number of carbonyl (C=O) groups is 2. The quantitative estimate of drug-likeness (QED) is 0.781. The summed E-state index contributed by atoms with van der Waals surface area (Å²) in [5.74, 6) is 0.841. The molecule has 0 spiro atoms. The molecular formula is C24H30N4O2. The summed E-state index contributed by atoms with van der Waals surface area (Å²) >= 11 is 0. The van der Waals surface area contributed by atoms with Crippen molar-refractivity contribution >= 4 is 29.0 Å². The first-order valence-corrected chi connectivity index (χ1v) is 11.0. The third-order valence-electron chi connectivity index (χ3n) is 6.31. The van der Waals surface area contributed by atoms with Crippen LogP contribution in [0.2, 0.25) is 0 Å². The molecule has 2 fully saturated rings. The van der Waals surface area contributed by atoms with Gasteiger partial charge in [-0.15, -0.1) is 0 Å². The van der Waals surface area contributed by atoms with Gasteiger partial charge in [0.1, 0.15) is 5.82 Å². The van der Waals surface area contributed by atoms with E-state index < -0.39 is 0 Å². The maximum Gasteiger partial charge on any atom is 0.229 e. The van der Waals surface area contributed by atoms with E-state index in [1.165, 1.54) is 12.8 Å². The van der Waals surface area contributed by atoms with Crippen LogP contribution in [-0.4, -0.2) is 36.4 Å². The van der Waals surface area contributed by atoms with Crippen molar-refractivity contribution in [2.75, 3.05) is 34.8 Å². The minimum Gasteiger partial charge on any atom is -0.357 e. The van der Waals surface area contributed by atoms with Crippen molar-refractivity contribution in [3.05, 3.63) is 48.2 Å². The minimum absolute atomic E-state index is 0.00779. The van der Waals surface area contributed by atoms with Crippen molar-refractivity contribution in [3.8, 4) is 0 Å². The van der Waals surface area contributed by atoms with E-state index in [1.807, 2.05) is 30.3 Å².